The summed E-state index contributed by atoms with van der Waals surface area (Å²) in [4.78, 5) is 22.9. The molecule has 0 aromatic heterocycles. The van der Waals surface area contributed by atoms with Gasteiger partial charge in [0.05, 0.1) is 13.5 Å². The first-order chi connectivity index (χ1) is 7.58. The molecular weight excluding hydrogens is 210 g/mol. The quantitative estimate of drug-likeness (QED) is 0.672. The topological polar surface area (TPSA) is 75.6 Å². The van der Waals surface area contributed by atoms with Crippen LogP contribution >= 0.6 is 0 Å². The van der Waals surface area contributed by atoms with Gasteiger partial charge in [-0.3, -0.25) is 4.79 Å². The molecule has 16 heavy (non-hydrogen) atoms. The van der Waals surface area contributed by atoms with Crippen molar-refractivity contribution in [3.05, 3.63) is 29.8 Å². The van der Waals surface area contributed by atoms with Crippen LogP contribution in [-0.4, -0.2) is 24.1 Å². The molecule has 2 rings (SSSR count). The lowest BCUT2D eigenvalue weighted by molar-refractivity contribution is -0.166. The van der Waals surface area contributed by atoms with E-state index in [9.17, 15) is 14.7 Å². The van der Waals surface area contributed by atoms with E-state index in [4.69, 9.17) is 0 Å². The van der Waals surface area contributed by atoms with Crippen molar-refractivity contribution in [3.8, 4) is 0 Å². The van der Waals surface area contributed by atoms with Crippen LogP contribution in [0.3, 0.4) is 0 Å². The van der Waals surface area contributed by atoms with E-state index in [0.29, 0.717) is 11.3 Å². The number of rotatable bonds is 1. The summed E-state index contributed by atoms with van der Waals surface area (Å²) in [5.74, 6) is -1.23. The first-order valence-electron chi connectivity index (χ1n) is 4.78. The molecule has 1 aromatic carbocycles. The number of anilines is 1. The molecule has 0 bridgehead atoms. The maximum atomic E-state index is 11.5. The van der Waals surface area contributed by atoms with E-state index >= 15 is 0 Å². The first kappa shape index (κ1) is 10.6. The largest absolute Gasteiger partial charge is 0.467 e. The van der Waals surface area contributed by atoms with Gasteiger partial charge in [-0.25, -0.2) is 4.79 Å². The number of ether oxygens (including phenoxy) is 1. The van der Waals surface area contributed by atoms with Gasteiger partial charge in [0.25, 0.3) is 0 Å². The second-order valence-electron chi connectivity index (χ2n) is 3.62. The van der Waals surface area contributed by atoms with Gasteiger partial charge in [0, 0.05) is 11.3 Å². The number of carbonyl (C=O) groups is 2. The Bertz CT molecular complexity index is 457. The minimum atomic E-state index is -1.88. The van der Waals surface area contributed by atoms with Gasteiger partial charge in [0.2, 0.25) is 5.91 Å². The predicted octanol–water partition coefficient (Wildman–Crippen LogP) is 0.389. The van der Waals surface area contributed by atoms with E-state index in [1.165, 1.54) is 7.11 Å². The standard InChI is InChI=1S/C11H11NO4/c1-16-10(14)11(15)6-9(13)12-8-5-3-2-4-7(8)11/h2-5,15H,6H2,1H3,(H,12,13)/t11-/m0/s1. The molecular formula is C11H11NO4. The van der Waals surface area contributed by atoms with Crippen LogP contribution in [0.1, 0.15) is 12.0 Å². The fourth-order valence-electron chi connectivity index (χ4n) is 1.83. The molecule has 5 heteroatoms. The fraction of sp³-hybridized carbons (Fsp3) is 0.273. The number of nitrogens with one attached hydrogen (secondary N) is 1. The third-order valence-corrected chi connectivity index (χ3v) is 2.59. The van der Waals surface area contributed by atoms with Crippen LogP contribution in [-0.2, 0) is 19.9 Å². The Kier molecular flexibility index (Phi) is 2.40. The summed E-state index contributed by atoms with van der Waals surface area (Å²) in [6.07, 6.45) is -0.323. The van der Waals surface area contributed by atoms with Crippen molar-refractivity contribution in [1.29, 1.82) is 0 Å². The Morgan fingerprint density at radius 3 is 2.88 bits per heavy atom. The van der Waals surface area contributed by atoms with E-state index in [2.05, 4.69) is 10.1 Å². The lowest BCUT2D eigenvalue weighted by Crippen LogP contribution is -2.44. The van der Waals surface area contributed by atoms with E-state index in [-0.39, 0.29) is 6.42 Å². The number of para-hydroxylation sites is 1. The normalized spacial score (nSPS) is 23.2. The number of carbonyl (C=O) groups excluding carboxylic acids is 2. The number of hydrogen-bond acceptors (Lipinski definition) is 4. The molecule has 0 saturated heterocycles. The number of aliphatic hydroxyl groups is 1. The summed E-state index contributed by atoms with van der Waals surface area (Å²) in [6.45, 7) is 0. The van der Waals surface area contributed by atoms with Gasteiger partial charge >= 0.3 is 5.97 Å². The summed E-state index contributed by atoms with van der Waals surface area (Å²) < 4.78 is 4.53. The van der Waals surface area contributed by atoms with Crippen LogP contribution in [0.4, 0.5) is 5.69 Å². The fourth-order valence-corrected chi connectivity index (χ4v) is 1.83. The monoisotopic (exact) mass is 221 g/mol. The highest BCUT2D eigenvalue weighted by Gasteiger charge is 2.45. The highest BCUT2D eigenvalue weighted by molar-refractivity contribution is 6.01. The molecule has 1 amide bonds. The summed E-state index contributed by atoms with van der Waals surface area (Å²) in [5.41, 5.74) is -1.08. The lowest BCUT2D eigenvalue weighted by Gasteiger charge is -2.31. The average Bonchev–Trinajstić information content (AvgIpc) is 2.27. The molecule has 1 heterocycles. The molecule has 0 radical (unpaired) electrons. The van der Waals surface area contributed by atoms with Crippen LogP contribution in [0.15, 0.2) is 24.3 Å². The Balaban J connectivity index is 2.56. The molecule has 1 aliphatic rings. The second kappa shape index (κ2) is 3.61. The van der Waals surface area contributed by atoms with Crippen molar-refractivity contribution >= 4 is 17.6 Å². The highest BCUT2D eigenvalue weighted by atomic mass is 16.5. The van der Waals surface area contributed by atoms with Gasteiger partial charge in [-0.15, -0.1) is 0 Å². The molecule has 1 aromatic rings. The van der Waals surface area contributed by atoms with E-state index in [0.717, 1.165) is 0 Å². The number of hydrogen-bond donors (Lipinski definition) is 2. The zero-order valence-electron chi connectivity index (χ0n) is 8.69. The number of benzene rings is 1. The maximum Gasteiger partial charge on any atom is 0.343 e. The minimum absolute atomic E-state index is 0.323. The number of esters is 1. The van der Waals surface area contributed by atoms with Crippen molar-refractivity contribution in [3.63, 3.8) is 0 Å². The molecule has 84 valence electrons. The van der Waals surface area contributed by atoms with Gasteiger partial charge in [0.15, 0.2) is 5.60 Å². The van der Waals surface area contributed by atoms with E-state index < -0.39 is 17.5 Å². The summed E-state index contributed by atoms with van der Waals surface area (Å²) in [5, 5.41) is 12.8. The Hall–Kier alpha value is -1.88. The zero-order valence-corrected chi connectivity index (χ0v) is 8.69. The third-order valence-electron chi connectivity index (χ3n) is 2.59. The molecule has 0 spiro atoms. The molecule has 0 fully saturated rings. The number of amides is 1. The van der Waals surface area contributed by atoms with Crippen LogP contribution in [0.5, 0.6) is 0 Å². The SMILES string of the molecule is COC(=O)[C@]1(O)CC(=O)Nc2ccccc21. The minimum Gasteiger partial charge on any atom is -0.467 e. The van der Waals surface area contributed by atoms with Gasteiger partial charge in [-0.1, -0.05) is 18.2 Å². The molecule has 2 N–H and O–H groups in total. The molecule has 1 aliphatic heterocycles. The van der Waals surface area contributed by atoms with Gasteiger partial charge < -0.3 is 15.2 Å². The summed E-state index contributed by atoms with van der Waals surface area (Å²) in [7, 11) is 1.18. The zero-order chi connectivity index (χ0) is 11.8. The van der Waals surface area contributed by atoms with Gasteiger partial charge in [0.1, 0.15) is 0 Å². The van der Waals surface area contributed by atoms with Crippen molar-refractivity contribution in [2.75, 3.05) is 12.4 Å². The van der Waals surface area contributed by atoms with Crippen molar-refractivity contribution in [2.45, 2.75) is 12.0 Å². The van der Waals surface area contributed by atoms with E-state index in [1.54, 1.807) is 24.3 Å². The van der Waals surface area contributed by atoms with Crippen molar-refractivity contribution in [1.82, 2.24) is 0 Å². The second-order valence-corrected chi connectivity index (χ2v) is 3.62. The maximum absolute atomic E-state index is 11.5. The third kappa shape index (κ3) is 1.45. The lowest BCUT2D eigenvalue weighted by atomic mass is 9.86. The average molecular weight is 221 g/mol. The van der Waals surface area contributed by atoms with Gasteiger partial charge in [-0.05, 0) is 6.07 Å². The van der Waals surface area contributed by atoms with E-state index in [1.807, 2.05) is 0 Å². The van der Waals surface area contributed by atoms with Crippen LogP contribution in [0.25, 0.3) is 0 Å². The first-order valence-corrected chi connectivity index (χ1v) is 4.78. The summed E-state index contributed by atoms with van der Waals surface area (Å²) in [6, 6.07) is 6.61. The Morgan fingerprint density at radius 1 is 1.50 bits per heavy atom. The van der Waals surface area contributed by atoms with Crippen LogP contribution < -0.4 is 5.32 Å². The Labute approximate surface area is 92.0 Å². The van der Waals surface area contributed by atoms with Gasteiger partial charge in [-0.2, -0.15) is 0 Å². The molecule has 0 unspecified atom stereocenters. The van der Waals surface area contributed by atoms with Crippen molar-refractivity contribution < 1.29 is 19.4 Å². The Morgan fingerprint density at radius 2 is 2.19 bits per heavy atom. The molecule has 1 atom stereocenters. The smallest absolute Gasteiger partial charge is 0.343 e. The van der Waals surface area contributed by atoms with Crippen LogP contribution in [0.2, 0.25) is 0 Å². The highest BCUT2D eigenvalue weighted by Crippen LogP contribution is 2.36. The number of methoxy groups -OCH3 is 1. The van der Waals surface area contributed by atoms with Crippen molar-refractivity contribution in [2.24, 2.45) is 0 Å². The molecule has 5 nitrogen and oxygen atoms in total. The predicted molar refractivity (Wildman–Crippen MR) is 55.6 cm³/mol. The van der Waals surface area contributed by atoms with Crippen LogP contribution in [0, 0.1) is 0 Å². The summed E-state index contributed by atoms with van der Waals surface area (Å²) >= 11 is 0. The number of fused-ring (bicyclic) bond motifs is 1. The molecule has 0 aliphatic carbocycles. The molecule has 0 saturated carbocycles.